The smallest absolute Gasteiger partial charge is 0.278 e. The maximum atomic E-state index is 13.0. The van der Waals surface area contributed by atoms with Crippen LogP contribution < -0.4 is 19.8 Å². The summed E-state index contributed by atoms with van der Waals surface area (Å²) < 4.78 is 26.7. The molecule has 0 spiro atoms. The molecule has 8 heteroatoms. The first kappa shape index (κ1) is 20.8. The van der Waals surface area contributed by atoms with Crippen LogP contribution >= 0.6 is 11.8 Å². The molecule has 0 unspecified atom stereocenters. The van der Waals surface area contributed by atoms with Crippen LogP contribution in [0.3, 0.4) is 0 Å². The third-order valence-corrected chi connectivity index (χ3v) is 7.17. The molecular weight excluding hydrogens is 396 g/mol. The lowest BCUT2D eigenvalue weighted by molar-refractivity contribution is 0.598. The fourth-order valence-electron chi connectivity index (χ4n) is 3.28. The van der Waals surface area contributed by atoms with Crippen molar-refractivity contribution in [1.29, 1.82) is 0 Å². The van der Waals surface area contributed by atoms with Crippen LogP contribution in [-0.4, -0.2) is 34.6 Å². The van der Waals surface area contributed by atoms with Gasteiger partial charge in [0, 0.05) is 31.4 Å². The third kappa shape index (κ3) is 4.37. The number of nitrogens with zero attached hydrogens (tertiary/aromatic N) is 2. The minimum absolute atomic E-state index is 0.0737. The van der Waals surface area contributed by atoms with Crippen molar-refractivity contribution in [3.05, 3.63) is 48.0 Å². The van der Waals surface area contributed by atoms with Gasteiger partial charge in [-0.05, 0) is 54.8 Å². The molecule has 1 saturated heterocycles. The minimum atomic E-state index is -3.91. The standard InChI is InChI=1S/C20H27ClN4O2S/c1-15(2)16-4-6-17(7-5-16)25(21)28(26,27)18-8-9-20(19(22)14-18)24-12-3-10-23-11-13-24/h4-9,14-15,23H,3,10-13,22H2,1-2H3. The first-order valence-electron chi connectivity index (χ1n) is 9.47. The number of rotatable bonds is 5. The Hall–Kier alpha value is -1.96. The summed E-state index contributed by atoms with van der Waals surface area (Å²) in [6.45, 7) is 7.72. The zero-order valence-corrected chi connectivity index (χ0v) is 17.8. The number of sulfonamides is 1. The Morgan fingerprint density at radius 2 is 1.82 bits per heavy atom. The van der Waals surface area contributed by atoms with Crippen LogP contribution in [0.25, 0.3) is 0 Å². The first-order valence-corrected chi connectivity index (χ1v) is 11.2. The van der Waals surface area contributed by atoms with Crippen LogP contribution in [0.5, 0.6) is 0 Å². The van der Waals surface area contributed by atoms with Gasteiger partial charge >= 0.3 is 0 Å². The number of benzene rings is 2. The topological polar surface area (TPSA) is 78.7 Å². The molecule has 3 N–H and O–H groups in total. The molecule has 0 aromatic heterocycles. The highest BCUT2D eigenvalue weighted by atomic mass is 35.5. The van der Waals surface area contributed by atoms with Crippen molar-refractivity contribution < 1.29 is 8.42 Å². The molecule has 6 nitrogen and oxygen atoms in total. The second kappa shape index (κ2) is 8.59. The van der Waals surface area contributed by atoms with Crippen LogP contribution in [0.2, 0.25) is 0 Å². The summed E-state index contributed by atoms with van der Waals surface area (Å²) in [5.74, 6) is 0.357. The van der Waals surface area contributed by atoms with E-state index in [-0.39, 0.29) is 4.90 Å². The van der Waals surface area contributed by atoms with Crippen molar-refractivity contribution in [2.75, 3.05) is 40.6 Å². The average Bonchev–Trinajstić information content (AvgIpc) is 2.96. The van der Waals surface area contributed by atoms with Crippen molar-refractivity contribution >= 4 is 38.9 Å². The summed E-state index contributed by atoms with van der Waals surface area (Å²) in [5.41, 5.74) is 9.00. The normalized spacial score (nSPS) is 15.5. The molecule has 1 aliphatic heterocycles. The van der Waals surface area contributed by atoms with Crippen LogP contribution in [0.4, 0.5) is 17.1 Å². The van der Waals surface area contributed by atoms with Gasteiger partial charge in [0.2, 0.25) is 0 Å². The van der Waals surface area contributed by atoms with Crippen molar-refractivity contribution in [3.8, 4) is 0 Å². The van der Waals surface area contributed by atoms with E-state index < -0.39 is 10.0 Å². The van der Waals surface area contributed by atoms with Gasteiger partial charge in [-0.2, -0.15) is 12.2 Å². The van der Waals surface area contributed by atoms with E-state index in [2.05, 4.69) is 24.1 Å². The number of nitrogen functional groups attached to an aromatic ring is 1. The maximum Gasteiger partial charge on any atom is 0.278 e. The molecule has 0 aliphatic carbocycles. The van der Waals surface area contributed by atoms with Crippen LogP contribution in [0.1, 0.15) is 31.7 Å². The summed E-state index contributed by atoms with van der Waals surface area (Å²) in [6, 6.07) is 12.0. The van der Waals surface area contributed by atoms with E-state index in [0.29, 0.717) is 17.3 Å². The molecule has 152 valence electrons. The molecule has 2 aromatic carbocycles. The summed E-state index contributed by atoms with van der Waals surface area (Å²) in [7, 11) is -3.91. The van der Waals surface area contributed by atoms with Crippen LogP contribution in [0.15, 0.2) is 47.4 Å². The van der Waals surface area contributed by atoms with Gasteiger partial charge in [-0.25, -0.2) is 0 Å². The second-order valence-electron chi connectivity index (χ2n) is 7.28. The van der Waals surface area contributed by atoms with Crippen molar-refractivity contribution in [1.82, 2.24) is 5.32 Å². The Bertz CT molecular complexity index is 908. The number of nitrogens with one attached hydrogen (secondary N) is 1. The largest absolute Gasteiger partial charge is 0.397 e. The maximum absolute atomic E-state index is 13.0. The highest BCUT2D eigenvalue weighted by Crippen LogP contribution is 2.31. The number of hydrogen-bond donors (Lipinski definition) is 2. The van der Waals surface area contributed by atoms with E-state index in [9.17, 15) is 8.42 Å². The molecule has 1 heterocycles. The van der Waals surface area contributed by atoms with Crippen molar-refractivity contribution in [2.45, 2.75) is 31.1 Å². The quantitative estimate of drug-likeness (QED) is 0.569. The molecular formula is C20H27ClN4O2S. The zero-order chi connectivity index (χ0) is 20.3. The lowest BCUT2D eigenvalue weighted by Gasteiger charge is -2.24. The fraction of sp³-hybridized carbons (Fsp3) is 0.400. The van der Waals surface area contributed by atoms with E-state index in [4.69, 9.17) is 17.5 Å². The molecule has 0 bridgehead atoms. The summed E-state index contributed by atoms with van der Waals surface area (Å²) in [6.07, 6.45) is 1.02. The molecule has 0 atom stereocenters. The number of nitrogens with two attached hydrogens (primary N) is 1. The first-order chi connectivity index (χ1) is 13.3. The van der Waals surface area contributed by atoms with Crippen molar-refractivity contribution in [2.24, 2.45) is 0 Å². The van der Waals surface area contributed by atoms with E-state index in [1.54, 1.807) is 24.3 Å². The lowest BCUT2D eigenvalue weighted by atomic mass is 10.0. The SMILES string of the molecule is CC(C)c1ccc(N(Cl)S(=O)(=O)c2ccc(N3CCCNCC3)c(N)c2)cc1. The van der Waals surface area contributed by atoms with Crippen molar-refractivity contribution in [3.63, 3.8) is 0 Å². The lowest BCUT2D eigenvalue weighted by Crippen LogP contribution is -2.28. The van der Waals surface area contributed by atoms with Gasteiger partial charge < -0.3 is 16.0 Å². The summed E-state index contributed by atoms with van der Waals surface area (Å²) in [4.78, 5) is 2.25. The third-order valence-electron chi connectivity index (χ3n) is 4.95. The summed E-state index contributed by atoms with van der Waals surface area (Å²) >= 11 is 6.21. The van der Waals surface area contributed by atoms with Crippen LogP contribution in [0, 0.1) is 0 Å². The predicted octanol–water partition coefficient (Wildman–Crippen LogP) is 3.54. The number of anilines is 3. The van der Waals surface area contributed by atoms with Gasteiger partial charge in [-0.15, -0.1) is 0 Å². The Balaban J connectivity index is 1.85. The molecule has 3 rings (SSSR count). The Morgan fingerprint density at radius 3 is 2.46 bits per heavy atom. The Kier molecular flexibility index (Phi) is 6.37. The molecule has 1 aliphatic rings. The second-order valence-corrected chi connectivity index (χ2v) is 9.60. The average molecular weight is 423 g/mol. The number of hydrogen-bond acceptors (Lipinski definition) is 5. The molecule has 2 aromatic rings. The van der Waals surface area contributed by atoms with E-state index in [1.807, 2.05) is 12.1 Å². The van der Waals surface area contributed by atoms with Gasteiger partial charge in [0.25, 0.3) is 10.0 Å². The highest BCUT2D eigenvalue weighted by Gasteiger charge is 2.25. The summed E-state index contributed by atoms with van der Waals surface area (Å²) in [5, 5.41) is 3.34. The van der Waals surface area contributed by atoms with E-state index >= 15 is 0 Å². The van der Waals surface area contributed by atoms with Gasteiger partial charge in [-0.1, -0.05) is 26.0 Å². The van der Waals surface area contributed by atoms with E-state index in [1.165, 1.54) is 6.07 Å². The molecule has 1 fully saturated rings. The van der Waals surface area contributed by atoms with Gasteiger partial charge in [-0.3, -0.25) is 0 Å². The fourth-order valence-corrected chi connectivity index (χ4v) is 4.73. The predicted molar refractivity (Wildman–Crippen MR) is 117 cm³/mol. The monoisotopic (exact) mass is 422 g/mol. The Morgan fingerprint density at radius 1 is 1.11 bits per heavy atom. The van der Waals surface area contributed by atoms with Gasteiger partial charge in [0.15, 0.2) is 0 Å². The van der Waals surface area contributed by atoms with Gasteiger partial charge in [0.1, 0.15) is 0 Å². The Labute approximate surface area is 172 Å². The molecule has 0 radical (unpaired) electrons. The number of halogens is 1. The van der Waals surface area contributed by atoms with Crippen LogP contribution in [-0.2, 0) is 10.0 Å². The van der Waals surface area contributed by atoms with E-state index in [0.717, 1.165) is 47.7 Å². The molecule has 0 saturated carbocycles. The molecule has 28 heavy (non-hydrogen) atoms. The highest BCUT2D eigenvalue weighted by molar-refractivity contribution is 7.94. The van der Waals surface area contributed by atoms with Gasteiger partial charge in [0.05, 0.1) is 22.0 Å². The zero-order valence-electron chi connectivity index (χ0n) is 16.2. The molecule has 0 amide bonds. The minimum Gasteiger partial charge on any atom is -0.397 e.